The van der Waals surface area contributed by atoms with Crippen molar-refractivity contribution in [1.82, 2.24) is 9.80 Å². The molecule has 4 heteroatoms. The lowest BCUT2D eigenvalue weighted by molar-refractivity contribution is -0.135. The number of likely N-dealkylation sites (tertiary alicyclic amines) is 1. The van der Waals surface area contributed by atoms with Gasteiger partial charge in [0.25, 0.3) is 0 Å². The fourth-order valence-electron chi connectivity index (χ4n) is 2.91. The molecule has 2 saturated heterocycles. The van der Waals surface area contributed by atoms with Gasteiger partial charge in [0.1, 0.15) is 0 Å². The molecule has 3 unspecified atom stereocenters. The zero-order valence-corrected chi connectivity index (χ0v) is 10.5. The normalized spacial score (nSPS) is 34.1. The fourth-order valence-corrected chi connectivity index (χ4v) is 2.91. The Labute approximate surface area is 97.5 Å². The third-order valence-corrected chi connectivity index (χ3v) is 4.08. The standard InChI is InChI=1S/C12H22N2O2/c1-4-13(3)12(15)9-6-14(5-2)11-8-16-7-10(9)11/h9-11H,4-8H2,1-3H3. The highest BCUT2D eigenvalue weighted by molar-refractivity contribution is 5.79. The van der Waals surface area contributed by atoms with Crippen LogP contribution in [0.2, 0.25) is 0 Å². The van der Waals surface area contributed by atoms with E-state index in [4.69, 9.17) is 4.74 Å². The van der Waals surface area contributed by atoms with Crippen molar-refractivity contribution in [1.29, 1.82) is 0 Å². The molecule has 92 valence electrons. The summed E-state index contributed by atoms with van der Waals surface area (Å²) in [6.45, 7) is 8.47. The summed E-state index contributed by atoms with van der Waals surface area (Å²) >= 11 is 0. The summed E-state index contributed by atoms with van der Waals surface area (Å²) in [5.74, 6) is 0.859. The van der Waals surface area contributed by atoms with E-state index in [0.29, 0.717) is 17.9 Å². The maximum absolute atomic E-state index is 12.2. The second-order valence-corrected chi connectivity index (χ2v) is 4.82. The van der Waals surface area contributed by atoms with Crippen LogP contribution in [0.4, 0.5) is 0 Å². The molecule has 0 aromatic rings. The van der Waals surface area contributed by atoms with Crippen molar-refractivity contribution in [2.24, 2.45) is 11.8 Å². The highest BCUT2D eigenvalue weighted by Gasteiger charge is 2.48. The molecule has 0 aliphatic carbocycles. The van der Waals surface area contributed by atoms with Crippen molar-refractivity contribution in [2.75, 3.05) is 39.9 Å². The van der Waals surface area contributed by atoms with Crippen LogP contribution in [0.15, 0.2) is 0 Å². The van der Waals surface area contributed by atoms with Crippen LogP contribution in [0.1, 0.15) is 13.8 Å². The summed E-state index contributed by atoms with van der Waals surface area (Å²) in [5.41, 5.74) is 0. The molecule has 2 aliphatic rings. The van der Waals surface area contributed by atoms with Gasteiger partial charge in [0.15, 0.2) is 0 Å². The highest BCUT2D eigenvalue weighted by atomic mass is 16.5. The molecule has 2 rings (SSSR count). The Morgan fingerprint density at radius 1 is 1.44 bits per heavy atom. The topological polar surface area (TPSA) is 32.8 Å². The van der Waals surface area contributed by atoms with Gasteiger partial charge >= 0.3 is 0 Å². The van der Waals surface area contributed by atoms with Gasteiger partial charge in [0.05, 0.1) is 19.1 Å². The van der Waals surface area contributed by atoms with Crippen molar-refractivity contribution in [2.45, 2.75) is 19.9 Å². The van der Waals surface area contributed by atoms with E-state index in [1.54, 1.807) is 0 Å². The van der Waals surface area contributed by atoms with Crippen LogP contribution in [0.5, 0.6) is 0 Å². The molecular weight excluding hydrogens is 204 g/mol. The largest absolute Gasteiger partial charge is 0.379 e. The van der Waals surface area contributed by atoms with Gasteiger partial charge < -0.3 is 9.64 Å². The first-order valence-corrected chi connectivity index (χ1v) is 6.25. The fraction of sp³-hybridized carbons (Fsp3) is 0.917. The van der Waals surface area contributed by atoms with Crippen LogP contribution in [0.25, 0.3) is 0 Å². The van der Waals surface area contributed by atoms with Crippen molar-refractivity contribution in [3.63, 3.8) is 0 Å². The van der Waals surface area contributed by atoms with E-state index in [0.717, 1.165) is 32.8 Å². The van der Waals surface area contributed by atoms with E-state index in [1.165, 1.54) is 0 Å². The summed E-state index contributed by atoms with van der Waals surface area (Å²) in [5, 5.41) is 0. The number of hydrogen-bond donors (Lipinski definition) is 0. The maximum atomic E-state index is 12.2. The number of likely N-dealkylation sites (N-methyl/N-ethyl adjacent to an activating group) is 1. The van der Waals surface area contributed by atoms with Crippen LogP contribution in [-0.4, -0.2) is 61.6 Å². The van der Waals surface area contributed by atoms with Gasteiger partial charge in [0, 0.05) is 32.1 Å². The van der Waals surface area contributed by atoms with Gasteiger partial charge in [-0.2, -0.15) is 0 Å². The van der Waals surface area contributed by atoms with E-state index < -0.39 is 0 Å². The van der Waals surface area contributed by atoms with Gasteiger partial charge in [-0.25, -0.2) is 0 Å². The predicted octanol–water partition coefficient (Wildman–Crippen LogP) is 0.431. The second-order valence-electron chi connectivity index (χ2n) is 4.82. The van der Waals surface area contributed by atoms with E-state index in [9.17, 15) is 4.79 Å². The number of carbonyl (C=O) groups excluding carboxylic acids is 1. The summed E-state index contributed by atoms with van der Waals surface area (Å²) in [7, 11) is 1.89. The summed E-state index contributed by atoms with van der Waals surface area (Å²) in [6.07, 6.45) is 0. The van der Waals surface area contributed by atoms with Crippen molar-refractivity contribution >= 4 is 5.91 Å². The minimum absolute atomic E-state index is 0.150. The molecule has 0 aromatic heterocycles. The van der Waals surface area contributed by atoms with Gasteiger partial charge in [-0.3, -0.25) is 9.69 Å². The average molecular weight is 226 g/mol. The first-order valence-electron chi connectivity index (χ1n) is 6.25. The van der Waals surface area contributed by atoms with Gasteiger partial charge in [0.2, 0.25) is 5.91 Å². The minimum atomic E-state index is 0.150. The van der Waals surface area contributed by atoms with Crippen LogP contribution >= 0.6 is 0 Å². The summed E-state index contributed by atoms with van der Waals surface area (Å²) in [4.78, 5) is 16.4. The first kappa shape index (κ1) is 11.9. The molecule has 16 heavy (non-hydrogen) atoms. The Morgan fingerprint density at radius 3 is 2.81 bits per heavy atom. The quantitative estimate of drug-likeness (QED) is 0.699. The number of amides is 1. The van der Waals surface area contributed by atoms with Crippen LogP contribution in [-0.2, 0) is 9.53 Å². The molecule has 2 heterocycles. The highest BCUT2D eigenvalue weighted by Crippen LogP contribution is 2.35. The maximum Gasteiger partial charge on any atom is 0.227 e. The molecule has 0 bridgehead atoms. The molecule has 4 nitrogen and oxygen atoms in total. The monoisotopic (exact) mass is 226 g/mol. The third kappa shape index (κ3) is 1.84. The Hall–Kier alpha value is -0.610. The van der Waals surface area contributed by atoms with Crippen molar-refractivity contribution in [3.8, 4) is 0 Å². The number of carbonyl (C=O) groups is 1. The van der Waals surface area contributed by atoms with Crippen LogP contribution in [0, 0.1) is 11.8 Å². The lowest BCUT2D eigenvalue weighted by Gasteiger charge is -2.22. The number of fused-ring (bicyclic) bond motifs is 1. The molecule has 0 aromatic carbocycles. The Balaban J connectivity index is 2.08. The Morgan fingerprint density at radius 2 is 2.19 bits per heavy atom. The SMILES string of the molecule is CCN(C)C(=O)C1CN(CC)C2COCC12. The van der Waals surface area contributed by atoms with E-state index >= 15 is 0 Å². The molecule has 0 saturated carbocycles. The predicted molar refractivity (Wildman–Crippen MR) is 62.1 cm³/mol. The average Bonchev–Trinajstić information content (AvgIpc) is 2.87. The molecule has 1 amide bonds. The molecule has 2 fully saturated rings. The van der Waals surface area contributed by atoms with E-state index in [2.05, 4.69) is 11.8 Å². The Bertz CT molecular complexity index is 270. The molecule has 0 spiro atoms. The van der Waals surface area contributed by atoms with Gasteiger partial charge in [-0.15, -0.1) is 0 Å². The second kappa shape index (κ2) is 4.72. The zero-order valence-electron chi connectivity index (χ0n) is 10.5. The smallest absolute Gasteiger partial charge is 0.227 e. The first-order chi connectivity index (χ1) is 7.69. The third-order valence-electron chi connectivity index (χ3n) is 4.08. The molecular formula is C12H22N2O2. The van der Waals surface area contributed by atoms with E-state index in [-0.39, 0.29) is 5.92 Å². The lowest BCUT2D eigenvalue weighted by atomic mass is 9.92. The van der Waals surface area contributed by atoms with Crippen molar-refractivity contribution < 1.29 is 9.53 Å². The number of ether oxygens (including phenoxy) is 1. The summed E-state index contributed by atoms with van der Waals surface area (Å²) < 4.78 is 5.52. The molecule has 0 radical (unpaired) electrons. The number of hydrogen-bond acceptors (Lipinski definition) is 3. The van der Waals surface area contributed by atoms with E-state index in [1.807, 2.05) is 18.9 Å². The van der Waals surface area contributed by atoms with Crippen molar-refractivity contribution in [3.05, 3.63) is 0 Å². The summed E-state index contributed by atoms with van der Waals surface area (Å²) in [6, 6.07) is 0.476. The zero-order chi connectivity index (χ0) is 11.7. The molecule has 0 N–H and O–H groups in total. The molecule has 3 atom stereocenters. The minimum Gasteiger partial charge on any atom is -0.379 e. The van der Waals surface area contributed by atoms with Crippen LogP contribution < -0.4 is 0 Å². The van der Waals surface area contributed by atoms with Gasteiger partial charge in [-0.05, 0) is 13.5 Å². The Kier molecular flexibility index (Phi) is 3.50. The number of nitrogens with zero attached hydrogens (tertiary/aromatic N) is 2. The number of rotatable bonds is 3. The lowest BCUT2D eigenvalue weighted by Crippen LogP contribution is -2.37. The van der Waals surface area contributed by atoms with Gasteiger partial charge in [-0.1, -0.05) is 6.92 Å². The molecule has 2 aliphatic heterocycles. The van der Waals surface area contributed by atoms with Crippen LogP contribution in [0.3, 0.4) is 0 Å².